The lowest BCUT2D eigenvalue weighted by Crippen LogP contribution is -2.42. The number of nitrogens with two attached hydrogens (primary N) is 1. The Morgan fingerprint density at radius 2 is 1.85 bits per heavy atom. The minimum absolute atomic E-state index is 0.191. The van der Waals surface area contributed by atoms with Crippen LogP contribution in [0.25, 0.3) is 11.0 Å². The number of aromatic nitrogens is 3. The SMILES string of the molecule is CCOC(OCC)c1c(Br)c2c(N)ncnc2n1C(C)(C)CNC(=O)OCc1ccccc1. The van der Waals surface area contributed by atoms with E-state index in [0.29, 0.717) is 40.2 Å². The zero-order chi connectivity index (χ0) is 24.0. The first-order valence-corrected chi connectivity index (χ1v) is 11.6. The van der Waals surface area contributed by atoms with Crippen molar-refractivity contribution >= 4 is 38.9 Å². The maximum Gasteiger partial charge on any atom is 0.407 e. The topological polar surface area (TPSA) is 114 Å². The molecule has 0 saturated carbocycles. The predicted molar refractivity (Wildman–Crippen MR) is 130 cm³/mol. The summed E-state index contributed by atoms with van der Waals surface area (Å²) in [6.07, 6.45) is 0.245. The molecule has 1 amide bonds. The normalized spacial score (nSPS) is 11.8. The Bertz CT molecular complexity index is 1080. The number of nitrogens with zero attached hydrogens (tertiary/aromatic N) is 3. The summed E-state index contributed by atoms with van der Waals surface area (Å²) in [5.74, 6) is 0.338. The van der Waals surface area contributed by atoms with Crippen LogP contribution in [0.4, 0.5) is 10.6 Å². The predicted octanol–water partition coefficient (Wildman–Crippen LogP) is 4.51. The first-order valence-electron chi connectivity index (χ1n) is 10.8. The van der Waals surface area contributed by atoms with Crippen molar-refractivity contribution in [3.8, 4) is 0 Å². The van der Waals surface area contributed by atoms with Crippen molar-refractivity contribution in [1.82, 2.24) is 19.9 Å². The van der Waals surface area contributed by atoms with E-state index < -0.39 is 17.9 Å². The third kappa shape index (κ3) is 5.63. The molecule has 1 aromatic carbocycles. The zero-order valence-corrected chi connectivity index (χ0v) is 20.9. The van der Waals surface area contributed by atoms with Crippen LogP contribution in [0.15, 0.2) is 41.1 Å². The highest BCUT2D eigenvalue weighted by molar-refractivity contribution is 9.10. The van der Waals surface area contributed by atoms with E-state index in [9.17, 15) is 4.79 Å². The van der Waals surface area contributed by atoms with Gasteiger partial charge in [0, 0.05) is 19.8 Å². The van der Waals surface area contributed by atoms with E-state index in [2.05, 4.69) is 31.2 Å². The van der Waals surface area contributed by atoms with Crippen molar-refractivity contribution in [2.45, 2.75) is 46.1 Å². The van der Waals surface area contributed by atoms with Crippen molar-refractivity contribution in [2.24, 2.45) is 0 Å². The van der Waals surface area contributed by atoms with Gasteiger partial charge in [-0.1, -0.05) is 30.3 Å². The van der Waals surface area contributed by atoms with E-state index in [-0.39, 0.29) is 13.2 Å². The number of carbonyl (C=O) groups is 1. The number of nitrogens with one attached hydrogen (secondary N) is 1. The summed E-state index contributed by atoms with van der Waals surface area (Å²) >= 11 is 3.66. The van der Waals surface area contributed by atoms with Crippen molar-refractivity contribution in [3.63, 3.8) is 0 Å². The highest BCUT2D eigenvalue weighted by atomic mass is 79.9. The molecule has 0 spiro atoms. The van der Waals surface area contributed by atoms with Gasteiger partial charge in [-0.25, -0.2) is 14.8 Å². The summed E-state index contributed by atoms with van der Waals surface area (Å²) in [6, 6.07) is 9.52. The number of anilines is 1. The van der Waals surface area contributed by atoms with Gasteiger partial charge in [-0.2, -0.15) is 0 Å². The van der Waals surface area contributed by atoms with Gasteiger partial charge in [0.15, 0.2) is 6.29 Å². The zero-order valence-electron chi connectivity index (χ0n) is 19.3. The van der Waals surface area contributed by atoms with E-state index >= 15 is 0 Å². The quantitative estimate of drug-likeness (QED) is 0.378. The van der Waals surface area contributed by atoms with Gasteiger partial charge in [0.25, 0.3) is 0 Å². The van der Waals surface area contributed by atoms with Crippen LogP contribution < -0.4 is 11.1 Å². The Hall–Kier alpha value is -2.69. The average Bonchev–Trinajstić information content (AvgIpc) is 3.11. The third-order valence-electron chi connectivity index (χ3n) is 5.10. The Morgan fingerprint density at radius 1 is 1.18 bits per heavy atom. The Balaban J connectivity index is 1.90. The van der Waals surface area contributed by atoms with Gasteiger partial charge in [0.2, 0.25) is 0 Å². The lowest BCUT2D eigenvalue weighted by atomic mass is 10.0. The summed E-state index contributed by atoms with van der Waals surface area (Å²) in [6.45, 7) is 9.11. The van der Waals surface area contributed by atoms with Crippen LogP contribution >= 0.6 is 15.9 Å². The Labute approximate surface area is 201 Å². The molecule has 0 aliphatic heterocycles. The number of carbonyl (C=O) groups excluding carboxylic acids is 1. The summed E-state index contributed by atoms with van der Waals surface area (Å²) in [5, 5.41) is 3.52. The van der Waals surface area contributed by atoms with Crippen LogP contribution in [0, 0.1) is 0 Å². The van der Waals surface area contributed by atoms with Gasteiger partial charge in [-0.05, 0) is 49.2 Å². The number of amides is 1. The molecule has 2 heterocycles. The molecule has 0 fully saturated rings. The molecule has 0 aliphatic carbocycles. The van der Waals surface area contributed by atoms with Crippen molar-refractivity contribution in [1.29, 1.82) is 0 Å². The maximum absolute atomic E-state index is 12.4. The molecule has 3 rings (SSSR count). The van der Waals surface area contributed by atoms with E-state index in [1.165, 1.54) is 6.33 Å². The molecular formula is C23H30BrN5O4. The van der Waals surface area contributed by atoms with Crippen LogP contribution in [-0.4, -0.2) is 40.4 Å². The molecule has 9 nitrogen and oxygen atoms in total. The van der Waals surface area contributed by atoms with Crippen molar-refractivity contribution in [3.05, 3.63) is 52.4 Å². The first kappa shape index (κ1) is 24.9. The van der Waals surface area contributed by atoms with Crippen LogP contribution in [0.2, 0.25) is 0 Å². The molecule has 0 atom stereocenters. The molecule has 3 aromatic rings. The fourth-order valence-electron chi connectivity index (χ4n) is 3.58. The number of nitrogen functional groups attached to an aromatic ring is 1. The van der Waals surface area contributed by atoms with E-state index in [1.807, 2.05) is 62.6 Å². The molecule has 3 N–H and O–H groups in total. The number of benzene rings is 1. The van der Waals surface area contributed by atoms with Crippen LogP contribution in [0.3, 0.4) is 0 Å². The van der Waals surface area contributed by atoms with Gasteiger partial charge in [-0.3, -0.25) is 0 Å². The molecule has 0 radical (unpaired) electrons. The Morgan fingerprint density at radius 3 is 2.48 bits per heavy atom. The second kappa shape index (κ2) is 11.0. The van der Waals surface area contributed by atoms with Gasteiger partial charge in [0.05, 0.1) is 21.1 Å². The number of hydrogen-bond acceptors (Lipinski definition) is 7. The summed E-state index contributed by atoms with van der Waals surface area (Å²) in [7, 11) is 0. The van der Waals surface area contributed by atoms with Crippen molar-refractivity contribution < 1.29 is 19.0 Å². The minimum atomic E-state index is -0.660. The van der Waals surface area contributed by atoms with Gasteiger partial charge < -0.3 is 29.8 Å². The minimum Gasteiger partial charge on any atom is -0.445 e. The monoisotopic (exact) mass is 519 g/mol. The standard InChI is InChI=1S/C23H30BrN5O4/c1-5-31-21(32-6-2)18-17(24)16-19(25)27-14-28-20(16)29(18)23(3,4)13-26-22(30)33-12-15-10-8-7-9-11-15/h7-11,14,21H,5-6,12-13H2,1-4H3,(H,26,30)(H2,25,27,28). The summed E-state index contributed by atoms with van der Waals surface area (Å²) in [5.41, 5.74) is 7.78. The lowest BCUT2D eigenvalue weighted by molar-refractivity contribution is -0.145. The molecule has 0 aliphatic rings. The number of rotatable bonds is 10. The van der Waals surface area contributed by atoms with E-state index in [0.717, 1.165) is 5.56 Å². The van der Waals surface area contributed by atoms with Crippen LogP contribution in [0.5, 0.6) is 0 Å². The van der Waals surface area contributed by atoms with E-state index in [4.69, 9.17) is 19.9 Å². The smallest absolute Gasteiger partial charge is 0.407 e. The molecule has 0 saturated heterocycles. The molecule has 178 valence electrons. The number of ether oxygens (including phenoxy) is 3. The number of alkyl carbamates (subject to hydrolysis) is 1. The second-order valence-electron chi connectivity index (χ2n) is 7.96. The summed E-state index contributed by atoms with van der Waals surface area (Å²) < 4.78 is 19.8. The van der Waals surface area contributed by atoms with Crippen LogP contribution in [0.1, 0.15) is 45.2 Å². The fraction of sp³-hybridized carbons (Fsp3) is 0.435. The molecule has 10 heteroatoms. The molecule has 0 bridgehead atoms. The number of halogens is 1. The van der Waals surface area contributed by atoms with E-state index in [1.54, 1.807) is 0 Å². The molecular weight excluding hydrogens is 490 g/mol. The second-order valence-corrected chi connectivity index (χ2v) is 8.76. The first-order chi connectivity index (χ1) is 15.8. The highest BCUT2D eigenvalue weighted by Gasteiger charge is 2.34. The molecule has 2 aromatic heterocycles. The molecule has 33 heavy (non-hydrogen) atoms. The molecule has 0 unspecified atom stereocenters. The Kier molecular flexibility index (Phi) is 8.28. The highest BCUT2D eigenvalue weighted by Crippen LogP contribution is 2.41. The number of hydrogen-bond donors (Lipinski definition) is 2. The summed E-state index contributed by atoms with van der Waals surface area (Å²) in [4.78, 5) is 21.0. The fourth-order valence-corrected chi connectivity index (χ4v) is 4.33. The van der Waals surface area contributed by atoms with Gasteiger partial charge >= 0.3 is 6.09 Å². The van der Waals surface area contributed by atoms with Gasteiger partial charge in [0.1, 0.15) is 24.4 Å². The van der Waals surface area contributed by atoms with Gasteiger partial charge in [-0.15, -0.1) is 0 Å². The van der Waals surface area contributed by atoms with Crippen molar-refractivity contribution in [2.75, 3.05) is 25.5 Å². The third-order valence-corrected chi connectivity index (χ3v) is 5.90. The maximum atomic E-state index is 12.4. The van der Waals surface area contributed by atoms with Crippen LogP contribution in [-0.2, 0) is 26.4 Å². The lowest BCUT2D eigenvalue weighted by Gasteiger charge is -2.32. The average molecular weight is 520 g/mol. The number of fused-ring (bicyclic) bond motifs is 1. The largest absolute Gasteiger partial charge is 0.445 e.